The number of rotatable bonds is 5. The minimum atomic E-state index is -0.681. The van der Waals surface area contributed by atoms with Gasteiger partial charge in [0.1, 0.15) is 5.69 Å². The number of allylic oxidation sites excluding steroid dienone is 1. The maximum absolute atomic E-state index is 13.6. The third kappa shape index (κ3) is 3.64. The van der Waals surface area contributed by atoms with Gasteiger partial charge in [-0.3, -0.25) is 19.4 Å². The summed E-state index contributed by atoms with van der Waals surface area (Å²) in [4.78, 5) is 50.3. The van der Waals surface area contributed by atoms with Gasteiger partial charge in [-0.05, 0) is 31.9 Å². The summed E-state index contributed by atoms with van der Waals surface area (Å²) in [5.74, 6) is -1.70. The van der Waals surface area contributed by atoms with E-state index in [4.69, 9.17) is 0 Å². The van der Waals surface area contributed by atoms with Crippen LogP contribution < -0.4 is 10.9 Å². The standard InChI is InChI=1S/C25H29N5O4/c1-2-5-15-8-9-19-22-21(23(32)28-16-6-3-4-7-16)17(14-31)20(13-29(19)24(15)33)30(22)25(34)18-12-26-10-11-27-18/h2,5,8-12,16-17,20-22,31H,3-4,6-7,13-14H2,1H3,(H,28,32)/b5-2+/t17-,20-,21+,22+/m1/s1. The molecule has 0 aromatic carbocycles. The summed E-state index contributed by atoms with van der Waals surface area (Å²) in [6, 6.07) is 2.46. The minimum Gasteiger partial charge on any atom is -0.396 e. The SMILES string of the molecule is C/C=C/c1ccc2n(c1=O)C[C@@H]1[C@@H](CO)[C@H](C(=O)NC3CCCC3)[C@H]2N1C(=O)c1cnccn1. The zero-order valence-corrected chi connectivity index (χ0v) is 19.1. The fourth-order valence-corrected chi connectivity index (χ4v) is 5.92. The van der Waals surface area contributed by atoms with Crippen LogP contribution in [0.1, 0.15) is 60.4 Å². The largest absolute Gasteiger partial charge is 0.396 e. The first-order valence-electron chi connectivity index (χ1n) is 11.9. The second-order valence-electron chi connectivity index (χ2n) is 9.31. The molecule has 2 aliphatic heterocycles. The van der Waals surface area contributed by atoms with Crippen LogP contribution in [0.2, 0.25) is 0 Å². The van der Waals surface area contributed by atoms with E-state index in [9.17, 15) is 19.5 Å². The van der Waals surface area contributed by atoms with Crippen LogP contribution in [-0.2, 0) is 11.3 Å². The molecule has 1 aliphatic carbocycles. The Balaban J connectivity index is 1.61. The predicted molar refractivity (Wildman–Crippen MR) is 125 cm³/mol. The summed E-state index contributed by atoms with van der Waals surface area (Å²) >= 11 is 0. The van der Waals surface area contributed by atoms with Gasteiger partial charge in [0.05, 0.1) is 24.2 Å². The molecular formula is C25H29N5O4. The molecule has 1 saturated heterocycles. The molecule has 5 rings (SSSR count). The molecule has 9 nitrogen and oxygen atoms in total. The molecule has 0 spiro atoms. The lowest BCUT2D eigenvalue weighted by molar-refractivity contribution is -0.128. The number of carbonyl (C=O) groups excluding carboxylic acids is 2. The van der Waals surface area contributed by atoms with Crippen molar-refractivity contribution in [2.75, 3.05) is 6.61 Å². The van der Waals surface area contributed by atoms with Crippen molar-refractivity contribution in [3.8, 4) is 0 Å². The van der Waals surface area contributed by atoms with E-state index in [-0.39, 0.29) is 42.3 Å². The maximum Gasteiger partial charge on any atom is 0.274 e. The van der Waals surface area contributed by atoms with Crippen LogP contribution >= 0.6 is 0 Å². The maximum atomic E-state index is 13.6. The van der Waals surface area contributed by atoms with Crippen LogP contribution in [0.3, 0.4) is 0 Å². The van der Waals surface area contributed by atoms with Gasteiger partial charge in [0, 0.05) is 48.8 Å². The molecule has 2 fully saturated rings. The molecule has 4 heterocycles. The lowest BCUT2D eigenvalue weighted by Gasteiger charge is -2.38. The lowest BCUT2D eigenvalue weighted by atomic mass is 9.86. The zero-order valence-electron chi connectivity index (χ0n) is 19.1. The van der Waals surface area contributed by atoms with E-state index in [0.717, 1.165) is 25.7 Å². The van der Waals surface area contributed by atoms with Gasteiger partial charge < -0.3 is 19.9 Å². The smallest absolute Gasteiger partial charge is 0.274 e. The molecule has 0 unspecified atom stereocenters. The number of amides is 2. The van der Waals surface area contributed by atoms with Gasteiger partial charge in [0.2, 0.25) is 5.91 Å². The van der Waals surface area contributed by atoms with E-state index in [0.29, 0.717) is 11.3 Å². The Hall–Kier alpha value is -3.33. The van der Waals surface area contributed by atoms with Gasteiger partial charge in [-0.1, -0.05) is 25.0 Å². The predicted octanol–water partition coefficient (Wildman–Crippen LogP) is 1.53. The molecule has 9 heteroatoms. The van der Waals surface area contributed by atoms with Crippen molar-refractivity contribution in [1.29, 1.82) is 0 Å². The number of aromatic nitrogens is 3. The third-order valence-electron chi connectivity index (χ3n) is 7.44. The number of pyridine rings is 1. The fourth-order valence-electron chi connectivity index (χ4n) is 5.92. The topological polar surface area (TPSA) is 117 Å². The van der Waals surface area contributed by atoms with Crippen molar-refractivity contribution >= 4 is 17.9 Å². The van der Waals surface area contributed by atoms with E-state index in [2.05, 4.69) is 15.3 Å². The average molecular weight is 464 g/mol. The van der Waals surface area contributed by atoms with E-state index >= 15 is 0 Å². The van der Waals surface area contributed by atoms with Gasteiger partial charge in [-0.2, -0.15) is 0 Å². The second-order valence-corrected chi connectivity index (χ2v) is 9.31. The van der Waals surface area contributed by atoms with Crippen molar-refractivity contribution in [2.45, 2.75) is 57.3 Å². The van der Waals surface area contributed by atoms with Crippen molar-refractivity contribution in [3.63, 3.8) is 0 Å². The number of aliphatic hydroxyl groups is 1. The van der Waals surface area contributed by atoms with Gasteiger partial charge >= 0.3 is 0 Å². The number of hydrogen-bond acceptors (Lipinski definition) is 6. The highest BCUT2D eigenvalue weighted by Crippen LogP contribution is 2.49. The number of nitrogens with zero attached hydrogens (tertiary/aromatic N) is 4. The van der Waals surface area contributed by atoms with E-state index in [1.54, 1.807) is 27.7 Å². The monoisotopic (exact) mass is 463 g/mol. The summed E-state index contributed by atoms with van der Waals surface area (Å²) in [6.07, 6.45) is 11.9. The number of nitrogens with one attached hydrogen (secondary N) is 1. The molecule has 0 radical (unpaired) electrons. The Morgan fingerprint density at radius 1 is 1.24 bits per heavy atom. The fraction of sp³-hybridized carbons (Fsp3) is 0.480. The van der Waals surface area contributed by atoms with Gasteiger partial charge in [-0.25, -0.2) is 4.98 Å². The summed E-state index contributed by atoms with van der Waals surface area (Å²) in [5.41, 5.74) is 1.17. The Labute approximate surface area is 197 Å². The average Bonchev–Trinajstić information content (AvgIpc) is 3.44. The first-order valence-corrected chi connectivity index (χ1v) is 11.9. The molecule has 2 aromatic rings. The molecule has 2 bridgehead atoms. The van der Waals surface area contributed by atoms with Crippen LogP contribution in [0.4, 0.5) is 0 Å². The first kappa shape index (κ1) is 22.5. The molecule has 4 atom stereocenters. The van der Waals surface area contributed by atoms with E-state index in [1.807, 2.05) is 13.0 Å². The normalized spacial score (nSPS) is 26.1. The Kier molecular flexibility index (Phi) is 6.03. The van der Waals surface area contributed by atoms with Crippen LogP contribution in [0, 0.1) is 11.8 Å². The highest BCUT2D eigenvalue weighted by molar-refractivity contribution is 5.94. The van der Waals surface area contributed by atoms with Crippen molar-refractivity contribution in [3.05, 3.63) is 64.1 Å². The van der Waals surface area contributed by atoms with Gasteiger partial charge in [-0.15, -0.1) is 0 Å². The van der Waals surface area contributed by atoms with Crippen LogP contribution in [-0.4, -0.2) is 55.0 Å². The summed E-state index contributed by atoms with van der Waals surface area (Å²) in [5, 5.41) is 13.6. The zero-order chi connectivity index (χ0) is 23.8. The summed E-state index contributed by atoms with van der Waals surface area (Å²) in [6.45, 7) is 1.79. The highest BCUT2D eigenvalue weighted by atomic mass is 16.3. The van der Waals surface area contributed by atoms with Crippen LogP contribution in [0.15, 0.2) is 41.6 Å². The van der Waals surface area contributed by atoms with E-state index in [1.165, 1.54) is 18.6 Å². The molecular weight excluding hydrogens is 434 g/mol. The second kappa shape index (κ2) is 9.13. The lowest BCUT2D eigenvalue weighted by Crippen LogP contribution is -2.49. The first-order chi connectivity index (χ1) is 16.5. The summed E-state index contributed by atoms with van der Waals surface area (Å²) < 4.78 is 1.66. The van der Waals surface area contributed by atoms with Crippen molar-refractivity contribution in [1.82, 2.24) is 24.8 Å². The Bertz CT molecular complexity index is 1170. The summed E-state index contributed by atoms with van der Waals surface area (Å²) in [7, 11) is 0. The molecule has 178 valence electrons. The molecule has 3 aliphatic rings. The number of aliphatic hydroxyl groups excluding tert-OH is 1. The van der Waals surface area contributed by atoms with Gasteiger partial charge in [0.25, 0.3) is 11.5 Å². The quantitative estimate of drug-likeness (QED) is 0.695. The molecule has 34 heavy (non-hydrogen) atoms. The Morgan fingerprint density at radius 2 is 2.03 bits per heavy atom. The van der Waals surface area contributed by atoms with Crippen LogP contribution in [0.5, 0.6) is 0 Å². The third-order valence-corrected chi connectivity index (χ3v) is 7.44. The number of carbonyl (C=O) groups is 2. The van der Waals surface area contributed by atoms with E-state index < -0.39 is 23.9 Å². The minimum absolute atomic E-state index is 0.107. The van der Waals surface area contributed by atoms with Crippen molar-refractivity contribution in [2.24, 2.45) is 11.8 Å². The molecule has 2 N–H and O–H groups in total. The molecule has 2 aromatic heterocycles. The van der Waals surface area contributed by atoms with Gasteiger partial charge in [0.15, 0.2) is 0 Å². The number of fused-ring (bicyclic) bond motifs is 4. The van der Waals surface area contributed by atoms with Crippen molar-refractivity contribution < 1.29 is 14.7 Å². The Morgan fingerprint density at radius 3 is 2.71 bits per heavy atom. The van der Waals surface area contributed by atoms with Crippen LogP contribution in [0.25, 0.3) is 6.08 Å². The highest BCUT2D eigenvalue weighted by Gasteiger charge is 2.57. The molecule has 2 amide bonds. The molecule has 1 saturated carbocycles. The number of hydrogen-bond donors (Lipinski definition) is 2.